The average Bonchev–Trinajstić information content (AvgIpc) is 3.27. The second kappa shape index (κ2) is 20.2. The Labute approximate surface area is 335 Å². The van der Waals surface area contributed by atoms with Crippen LogP contribution >= 0.6 is 0 Å². The van der Waals surface area contributed by atoms with Crippen molar-refractivity contribution in [3.05, 3.63) is 179 Å². The second-order valence-electron chi connectivity index (χ2n) is 13.1. The predicted octanol–water partition coefficient (Wildman–Crippen LogP) is 7.64. The largest absolute Gasteiger partial charge is 0.459 e. The van der Waals surface area contributed by atoms with Gasteiger partial charge in [-0.2, -0.15) is 0 Å². The van der Waals surface area contributed by atoms with E-state index in [0.717, 1.165) is 12.8 Å². The minimum absolute atomic E-state index is 0.0887. The minimum atomic E-state index is -1.80. The van der Waals surface area contributed by atoms with Gasteiger partial charge < -0.3 is 28.4 Å². The third kappa shape index (κ3) is 10.6. The molecule has 1 saturated heterocycles. The van der Waals surface area contributed by atoms with Gasteiger partial charge in [0.15, 0.2) is 12.2 Å². The molecule has 1 aliphatic heterocycles. The maximum atomic E-state index is 14.1. The van der Waals surface area contributed by atoms with Gasteiger partial charge in [-0.1, -0.05) is 110 Å². The lowest BCUT2D eigenvalue weighted by molar-refractivity contribution is -0.282. The van der Waals surface area contributed by atoms with E-state index in [1.165, 1.54) is 42.5 Å². The van der Waals surface area contributed by atoms with Crippen molar-refractivity contribution in [3.8, 4) is 11.8 Å². The Morgan fingerprint density at radius 1 is 0.517 bits per heavy atom. The second-order valence-corrected chi connectivity index (χ2v) is 13.1. The highest BCUT2D eigenvalue weighted by Gasteiger charge is 2.54. The summed E-state index contributed by atoms with van der Waals surface area (Å²) in [4.78, 5) is 68.7. The van der Waals surface area contributed by atoms with Gasteiger partial charge in [-0.05, 0) is 67.1 Å². The molecule has 1 fully saturated rings. The van der Waals surface area contributed by atoms with Gasteiger partial charge in [0, 0.05) is 12.0 Å². The van der Waals surface area contributed by atoms with Gasteiger partial charge in [0.2, 0.25) is 12.4 Å². The fraction of sp³-hybridized carbons (Fsp3) is 0.213. The SMILES string of the molecule is CCCCC#Cc1ccccc1C(=O)O[C@H]1O[C@H](COC(=O)c2ccccc2)[C@@H](OC(=O)c2ccccc2)[C@H](OC(=O)c2ccccc2)[C@H]1OC(=O)c1ccccc1. The molecule has 0 aromatic heterocycles. The van der Waals surface area contributed by atoms with Crippen LogP contribution in [0.4, 0.5) is 0 Å². The van der Waals surface area contributed by atoms with Gasteiger partial charge in [0.1, 0.15) is 12.7 Å². The molecule has 58 heavy (non-hydrogen) atoms. The quantitative estimate of drug-likeness (QED) is 0.0504. The maximum Gasteiger partial charge on any atom is 0.341 e. The van der Waals surface area contributed by atoms with E-state index in [9.17, 15) is 24.0 Å². The number of esters is 5. The summed E-state index contributed by atoms with van der Waals surface area (Å²) in [6.45, 7) is 1.47. The summed E-state index contributed by atoms with van der Waals surface area (Å²) in [7, 11) is 0. The summed E-state index contributed by atoms with van der Waals surface area (Å²) < 4.78 is 36.1. The highest BCUT2D eigenvalue weighted by atomic mass is 16.7. The zero-order valence-corrected chi connectivity index (χ0v) is 31.6. The van der Waals surface area contributed by atoms with E-state index in [0.29, 0.717) is 12.0 Å². The van der Waals surface area contributed by atoms with Crippen molar-refractivity contribution in [2.45, 2.75) is 56.9 Å². The molecule has 5 atom stereocenters. The van der Waals surface area contributed by atoms with Crippen LogP contribution in [0.2, 0.25) is 0 Å². The standard InChI is InChI=1S/C47H40O11/c1-2-3-4-9-20-32-21-18-19-30-37(32)46(52)58-47-41(57-45(51)36-28-16-8-17-29-36)40(56-44(50)35-26-14-7-15-27-35)39(55-43(49)34-24-12-6-13-25-34)38(54-47)31-53-42(48)33-22-10-5-11-23-33/h5-8,10-19,21-30,38-41,47H,2-4,31H2,1H3/t38-,39-,40+,41-,47-/m1/s1. The van der Waals surface area contributed by atoms with Crippen LogP contribution in [-0.4, -0.2) is 67.2 Å². The van der Waals surface area contributed by atoms with Crippen LogP contribution in [0, 0.1) is 11.8 Å². The van der Waals surface area contributed by atoms with Crippen molar-refractivity contribution >= 4 is 29.8 Å². The number of hydrogen-bond donors (Lipinski definition) is 0. The molecule has 0 spiro atoms. The van der Waals surface area contributed by atoms with E-state index in [4.69, 9.17) is 28.4 Å². The van der Waals surface area contributed by atoms with Crippen LogP contribution in [0.3, 0.4) is 0 Å². The molecule has 1 heterocycles. The molecule has 0 unspecified atom stereocenters. The number of carbonyl (C=O) groups excluding carboxylic acids is 5. The van der Waals surface area contributed by atoms with Gasteiger partial charge in [-0.15, -0.1) is 0 Å². The molecular weight excluding hydrogens is 741 g/mol. The Balaban J connectivity index is 1.43. The number of hydrogen-bond acceptors (Lipinski definition) is 11. The molecule has 11 heteroatoms. The van der Waals surface area contributed by atoms with E-state index in [1.54, 1.807) is 103 Å². The summed E-state index contributed by atoms with van der Waals surface area (Å²) in [5.74, 6) is 1.83. The molecule has 0 aliphatic carbocycles. The summed E-state index contributed by atoms with van der Waals surface area (Å²) in [5, 5.41) is 0. The molecular formula is C47H40O11. The van der Waals surface area contributed by atoms with Crippen LogP contribution in [0.5, 0.6) is 0 Å². The van der Waals surface area contributed by atoms with Crippen LogP contribution in [0.15, 0.2) is 146 Å². The first-order chi connectivity index (χ1) is 28.3. The van der Waals surface area contributed by atoms with Gasteiger partial charge in [0.25, 0.3) is 0 Å². The Hall–Kier alpha value is -7.03. The van der Waals surface area contributed by atoms with Crippen LogP contribution in [0.1, 0.15) is 83.5 Å². The van der Waals surface area contributed by atoms with Gasteiger partial charge >= 0.3 is 29.8 Å². The van der Waals surface area contributed by atoms with Crippen LogP contribution in [-0.2, 0) is 28.4 Å². The lowest BCUT2D eigenvalue weighted by Gasteiger charge is -2.43. The van der Waals surface area contributed by atoms with Crippen LogP contribution in [0.25, 0.3) is 0 Å². The Morgan fingerprint density at radius 3 is 1.48 bits per heavy atom. The maximum absolute atomic E-state index is 14.1. The molecule has 11 nitrogen and oxygen atoms in total. The third-order valence-corrected chi connectivity index (χ3v) is 8.99. The fourth-order valence-electron chi connectivity index (χ4n) is 5.98. The highest BCUT2D eigenvalue weighted by Crippen LogP contribution is 2.32. The zero-order chi connectivity index (χ0) is 40.7. The molecule has 1 aliphatic rings. The van der Waals surface area contributed by atoms with E-state index >= 15 is 0 Å². The molecule has 0 N–H and O–H groups in total. The summed E-state index contributed by atoms with van der Waals surface area (Å²) >= 11 is 0. The van der Waals surface area contributed by atoms with Gasteiger partial charge in [0.05, 0.1) is 27.8 Å². The predicted molar refractivity (Wildman–Crippen MR) is 211 cm³/mol. The van der Waals surface area contributed by atoms with Crippen LogP contribution < -0.4 is 0 Å². The van der Waals surface area contributed by atoms with E-state index in [2.05, 4.69) is 11.8 Å². The lowest BCUT2D eigenvalue weighted by atomic mass is 9.97. The summed E-state index contributed by atoms with van der Waals surface area (Å²) in [6, 6.07) is 38.6. The van der Waals surface area contributed by atoms with E-state index in [-0.39, 0.29) is 27.8 Å². The fourth-order valence-corrected chi connectivity index (χ4v) is 5.98. The van der Waals surface area contributed by atoms with Gasteiger partial charge in [-0.25, -0.2) is 24.0 Å². The molecule has 0 bridgehead atoms. The lowest BCUT2D eigenvalue weighted by Crippen LogP contribution is -2.63. The Kier molecular flexibility index (Phi) is 14.2. The van der Waals surface area contributed by atoms with Crippen molar-refractivity contribution in [2.75, 3.05) is 6.61 Å². The number of rotatable bonds is 13. The molecule has 0 radical (unpaired) electrons. The van der Waals surface area contributed by atoms with Gasteiger partial charge in [-0.3, -0.25) is 0 Å². The van der Waals surface area contributed by atoms with Crippen molar-refractivity contribution < 1.29 is 52.4 Å². The van der Waals surface area contributed by atoms with E-state index in [1.807, 2.05) is 6.92 Å². The van der Waals surface area contributed by atoms with Crippen molar-refractivity contribution in [3.63, 3.8) is 0 Å². The minimum Gasteiger partial charge on any atom is -0.459 e. The zero-order valence-electron chi connectivity index (χ0n) is 31.6. The average molecular weight is 781 g/mol. The number of ether oxygens (including phenoxy) is 6. The third-order valence-electron chi connectivity index (χ3n) is 8.99. The molecule has 6 rings (SSSR count). The summed E-state index contributed by atoms with van der Waals surface area (Å²) in [5.41, 5.74) is 1.06. The molecule has 0 saturated carbocycles. The molecule has 0 amide bonds. The van der Waals surface area contributed by atoms with Crippen molar-refractivity contribution in [1.29, 1.82) is 0 Å². The topological polar surface area (TPSA) is 141 Å². The van der Waals surface area contributed by atoms with E-state index < -0.39 is 67.2 Å². The first-order valence-electron chi connectivity index (χ1n) is 18.8. The normalized spacial score (nSPS) is 18.3. The first-order valence-corrected chi connectivity index (χ1v) is 18.8. The number of carbonyl (C=O) groups is 5. The highest BCUT2D eigenvalue weighted by molar-refractivity contribution is 5.93. The Morgan fingerprint density at radius 2 is 0.966 bits per heavy atom. The smallest absolute Gasteiger partial charge is 0.341 e. The number of unbranched alkanes of at least 4 members (excludes halogenated alkanes) is 2. The van der Waals surface area contributed by atoms with Crippen molar-refractivity contribution in [1.82, 2.24) is 0 Å². The van der Waals surface area contributed by atoms with Crippen molar-refractivity contribution in [2.24, 2.45) is 0 Å². The Bertz CT molecular complexity index is 2230. The number of benzene rings is 5. The summed E-state index contributed by atoms with van der Waals surface area (Å²) in [6.07, 6.45) is -5.83. The first kappa shape index (κ1) is 40.6. The molecule has 5 aromatic carbocycles. The molecule has 294 valence electrons. The molecule has 5 aromatic rings. The monoisotopic (exact) mass is 780 g/mol.